The Morgan fingerprint density at radius 3 is 2.76 bits per heavy atom. The quantitative estimate of drug-likeness (QED) is 0.806. The van der Waals surface area contributed by atoms with Gasteiger partial charge in [0.25, 0.3) is 0 Å². The van der Waals surface area contributed by atoms with Gasteiger partial charge in [-0.1, -0.05) is 0 Å². The maximum atomic E-state index is 5.68. The molecule has 1 aliphatic rings. The second kappa shape index (κ2) is 6.19. The zero-order chi connectivity index (χ0) is 12.1. The maximum absolute atomic E-state index is 5.68. The molecular formula is C13H23N3O. The van der Waals surface area contributed by atoms with Crippen molar-refractivity contribution in [3.05, 3.63) is 23.7 Å². The van der Waals surface area contributed by atoms with Crippen molar-refractivity contribution in [2.24, 2.45) is 0 Å². The molecule has 0 amide bonds. The van der Waals surface area contributed by atoms with E-state index in [1.54, 1.807) is 0 Å². The van der Waals surface area contributed by atoms with E-state index in [0.717, 1.165) is 50.7 Å². The largest absolute Gasteiger partial charge is 0.465 e. The van der Waals surface area contributed by atoms with Gasteiger partial charge >= 0.3 is 0 Å². The van der Waals surface area contributed by atoms with Gasteiger partial charge in [0.15, 0.2) is 0 Å². The molecule has 4 heteroatoms. The summed E-state index contributed by atoms with van der Waals surface area (Å²) in [5.41, 5.74) is 0. The number of hydrogen-bond donors (Lipinski definition) is 2. The van der Waals surface area contributed by atoms with Crippen LogP contribution in [0.3, 0.4) is 0 Å². The Hall–Kier alpha value is -0.840. The van der Waals surface area contributed by atoms with E-state index < -0.39 is 0 Å². The first-order chi connectivity index (χ1) is 8.29. The fourth-order valence-electron chi connectivity index (χ4n) is 2.32. The molecule has 1 fully saturated rings. The number of hydrogen-bond acceptors (Lipinski definition) is 4. The van der Waals surface area contributed by atoms with Gasteiger partial charge in [-0.25, -0.2) is 0 Å². The van der Waals surface area contributed by atoms with Crippen LogP contribution >= 0.6 is 0 Å². The molecule has 17 heavy (non-hydrogen) atoms. The molecule has 0 spiro atoms. The number of nitrogens with zero attached hydrogens (tertiary/aromatic N) is 1. The highest BCUT2D eigenvalue weighted by atomic mass is 16.3. The van der Waals surface area contributed by atoms with E-state index in [2.05, 4.69) is 21.6 Å². The molecule has 0 saturated carbocycles. The lowest BCUT2D eigenvalue weighted by atomic mass is 10.1. The van der Waals surface area contributed by atoms with Crippen molar-refractivity contribution >= 4 is 0 Å². The SMILES string of the molecule is CNC(CCN1CCNCC1)c1ccc(C)o1. The van der Waals surface area contributed by atoms with Crippen molar-refractivity contribution in [3.63, 3.8) is 0 Å². The molecule has 2 heterocycles. The van der Waals surface area contributed by atoms with Crippen molar-refractivity contribution in [1.29, 1.82) is 0 Å². The fraction of sp³-hybridized carbons (Fsp3) is 0.692. The fourth-order valence-corrected chi connectivity index (χ4v) is 2.32. The second-order valence-electron chi connectivity index (χ2n) is 4.67. The summed E-state index contributed by atoms with van der Waals surface area (Å²) in [7, 11) is 2.00. The van der Waals surface area contributed by atoms with Gasteiger partial charge in [0, 0.05) is 32.7 Å². The van der Waals surface area contributed by atoms with Crippen LogP contribution in [0, 0.1) is 6.92 Å². The zero-order valence-corrected chi connectivity index (χ0v) is 10.8. The van der Waals surface area contributed by atoms with E-state index in [9.17, 15) is 0 Å². The van der Waals surface area contributed by atoms with Gasteiger partial charge in [-0.3, -0.25) is 0 Å². The summed E-state index contributed by atoms with van der Waals surface area (Å²) < 4.78 is 5.68. The lowest BCUT2D eigenvalue weighted by molar-refractivity contribution is 0.225. The van der Waals surface area contributed by atoms with Crippen LogP contribution in [0.25, 0.3) is 0 Å². The minimum Gasteiger partial charge on any atom is -0.465 e. The molecule has 1 aromatic rings. The minimum absolute atomic E-state index is 0.332. The van der Waals surface area contributed by atoms with Crippen LogP contribution < -0.4 is 10.6 Å². The van der Waals surface area contributed by atoms with Crippen LogP contribution in [0.1, 0.15) is 24.0 Å². The third kappa shape index (κ3) is 3.56. The highest BCUT2D eigenvalue weighted by molar-refractivity contribution is 5.09. The van der Waals surface area contributed by atoms with Crippen molar-refractivity contribution in [2.75, 3.05) is 39.8 Å². The van der Waals surface area contributed by atoms with E-state index in [0.29, 0.717) is 6.04 Å². The Bertz CT molecular complexity index is 331. The van der Waals surface area contributed by atoms with Gasteiger partial charge in [0.1, 0.15) is 11.5 Å². The van der Waals surface area contributed by atoms with E-state index in [1.165, 1.54) is 0 Å². The third-order valence-corrected chi connectivity index (χ3v) is 3.40. The topological polar surface area (TPSA) is 40.4 Å². The van der Waals surface area contributed by atoms with E-state index >= 15 is 0 Å². The highest BCUT2D eigenvalue weighted by Crippen LogP contribution is 2.19. The lowest BCUT2D eigenvalue weighted by Gasteiger charge is -2.28. The van der Waals surface area contributed by atoms with Crippen molar-refractivity contribution in [3.8, 4) is 0 Å². The van der Waals surface area contributed by atoms with Gasteiger partial charge in [-0.2, -0.15) is 0 Å². The van der Waals surface area contributed by atoms with Crippen LogP contribution in [-0.4, -0.2) is 44.7 Å². The predicted octanol–water partition coefficient (Wildman–Crippen LogP) is 1.14. The predicted molar refractivity (Wildman–Crippen MR) is 69.2 cm³/mol. The van der Waals surface area contributed by atoms with Gasteiger partial charge < -0.3 is 20.0 Å². The first-order valence-electron chi connectivity index (χ1n) is 6.46. The molecule has 1 aliphatic heterocycles. The van der Waals surface area contributed by atoms with Gasteiger partial charge in [0.2, 0.25) is 0 Å². The Morgan fingerprint density at radius 2 is 2.18 bits per heavy atom. The molecule has 2 rings (SSSR count). The molecule has 1 aromatic heterocycles. The first kappa shape index (κ1) is 12.6. The minimum atomic E-state index is 0.332. The summed E-state index contributed by atoms with van der Waals surface area (Å²) in [6, 6.07) is 4.44. The van der Waals surface area contributed by atoms with E-state index in [-0.39, 0.29) is 0 Å². The summed E-state index contributed by atoms with van der Waals surface area (Å²) in [5, 5.41) is 6.71. The monoisotopic (exact) mass is 237 g/mol. The summed E-state index contributed by atoms with van der Waals surface area (Å²) in [5.74, 6) is 2.04. The molecule has 0 bridgehead atoms. The standard InChI is InChI=1S/C13H23N3O/c1-11-3-4-13(17-11)12(14-2)5-8-16-9-6-15-7-10-16/h3-4,12,14-15H,5-10H2,1-2H3. The van der Waals surface area contributed by atoms with Crippen LogP contribution in [0.2, 0.25) is 0 Å². The molecule has 1 unspecified atom stereocenters. The molecule has 0 aromatic carbocycles. The zero-order valence-electron chi connectivity index (χ0n) is 10.8. The maximum Gasteiger partial charge on any atom is 0.121 e. The summed E-state index contributed by atoms with van der Waals surface area (Å²) in [6.45, 7) is 7.68. The molecule has 2 N–H and O–H groups in total. The van der Waals surface area contributed by atoms with Crippen LogP contribution in [0.15, 0.2) is 16.5 Å². The van der Waals surface area contributed by atoms with Crippen molar-refractivity contribution < 1.29 is 4.42 Å². The average molecular weight is 237 g/mol. The van der Waals surface area contributed by atoms with E-state index in [1.807, 2.05) is 20.0 Å². The Morgan fingerprint density at radius 1 is 1.41 bits per heavy atom. The Balaban J connectivity index is 1.82. The number of piperazine rings is 1. The molecule has 96 valence electrons. The molecule has 1 atom stereocenters. The van der Waals surface area contributed by atoms with Crippen molar-refractivity contribution in [2.45, 2.75) is 19.4 Å². The van der Waals surface area contributed by atoms with Crippen LogP contribution in [-0.2, 0) is 0 Å². The average Bonchev–Trinajstić information content (AvgIpc) is 2.78. The van der Waals surface area contributed by atoms with Gasteiger partial charge in [-0.15, -0.1) is 0 Å². The molecule has 0 radical (unpaired) electrons. The molecule has 0 aliphatic carbocycles. The molecule has 4 nitrogen and oxygen atoms in total. The van der Waals surface area contributed by atoms with Crippen molar-refractivity contribution in [1.82, 2.24) is 15.5 Å². The number of rotatable bonds is 5. The smallest absolute Gasteiger partial charge is 0.121 e. The lowest BCUT2D eigenvalue weighted by Crippen LogP contribution is -2.44. The van der Waals surface area contributed by atoms with Crippen LogP contribution in [0.5, 0.6) is 0 Å². The Kier molecular flexibility index (Phi) is 4.59. The Labute approximate surface area is 103 Å². The molecular weight excluding hydrogens is 214 g/mol. The van der Waals surface area contributed by atoms with Gasteiger partial charge in [0.05, 0.1) is 6.04 Å². The number of nitrogens with one attached hydrogen (secondary N) is 2. The van der Waals surface area contributed by atoms with E-state index in [4.69, 9.17) is 4.42 Å². The highest BCUT2D eigenvalue weighted by Gasteiger charge is 2.16. The summed E-state index contributed by atoms with van der Waals surface area (Å²) in [4.78, 5) is 2.51. The summed E-state index contributed by atoms with van der Waals surface area (Å²) >= 11 is 0. The third-order valence-electron chi connectivity index (χ3n) is 3.40. The van der Waals surface area contributed by atoms with Crippen LogP contribution in [0.4, 0.5) is 0 Å². The second-order valence-corrected chi connectivity index (χ2v) is 4.67. The summed E-state index contributed by atoms with van der Waals surface area (Å²) in [6.07, 6.45) is 1.10. The van der Waals surface area contributed by atoms with Gasteiger partial charge in [-0.05, 0) is 32.5 Å². The molecule has 1 saturated heterocycles. The first-order valence-corrected chi connectivity index (χ1v) is 6.46. The normalized spacial score (nSPS) is 19.4. The number of furan rings is 1. The number of aryl methyl sites for hydroxylation is 1.